The lowest BCUT2D eigenvalue weighted by Crippen LogP contribution is -2.40. The van der Waals surface area contributed by atoms with Crippen LogP contribution in [0.2, 0.25) is 0 Å². The monoisotopic (exact) mass is 372 g/mol. The van der Waals surface area contributed by atoms with Crippen LogP contribution in [0.15, 0.2) is 30.3 Å². The predicted molar refractivity (Wildman–Crippen MR) is 104 cm³/mol. The molecule has 0 spiro atoms. The summed E-state index contributed by atoms with van der Waals surface area (Å²) in [5, 5.41) is 2.95. The number of aryl methyl sites for hydroxylation is 2. The smallest absolute Gasteiger partial charge is 0.318 e. The van der Waals surface area contributed by atoms with Crippen molar-refractivity contribution in [2.75, 3.05) is 20.3 Å². The number of carbonyl (C=O) groups is 1. The number of hydrogen-bond acceptors (Lipinski definition) is 4. The van der Waals surface area contributed by atoms with Crippen LogP contribution in [-0.4, -0.2) is 41.2 Å². The van der Waals surface area contributed by atoms with Crippen molar-refractivity contribution in [3.8, 4) is 0 Å². The summed E-state index contributed by atoms with van der Waals surface area (Å²) >= 11 is 1.70. The van der Waals surface area contributed by atoms with Crippen molar-refractivity contribution in [2.45, 2.75) is 26.9 Å². The van der Waals surface area contributed by atoms with Crippen molar-refractivity contribution in [3.63, 3.8) is 0 Å². The Morgan fingerprint density at radius 1 is 1.31 bits per heavy atom. The summed E-state index contributed by atoms with van der Waals surface area (Å²) in [5.41, 5.74) is 3.07. The zero-order valence-corrected chi connectivity index (χ0v) is 16.2. The van der Waals surface area contributed by atoms with E-state index in [1.165, 1.54) is 10.4 Å². The highest BCUT2D eigenvalue weighted by molar-refractivity contribution is 7.11. The van der Waals surface area contributed by atoms with E-state index in [9.17, 15) is 4.79 Å². The maximum Gasteiger partial charge on any atom is 0.318 e. The van der Waals surface area contributed by atoms with Gasteiger partial charge in [-0.1, -0.05) is 6.07 Å². The molecule has 0 atom stereocenters. The second-order valence-electron chi connectivity index (χ2n) is 6.29. The van der Waals surface area contributed by atoms with E-state index >= 15 is 0 Å². The molecule has 0 unspecified atom stereocenters. The van der Waals surface area contributed by atoms with Gasteiger partial charge in [0.2, 0.25) is 0 Å². The number of benzene rings is 1. The summed E-state index contributed by atoms with van der Waals surface area (Å²) < 4.78 is 5.14. The predicted octanol–water partition coefficient (Wildman–Crippen LogP) is 3.60. The van der Waals surface area contributed by atoms with Crippen LogP contribution >= 0.6 is 11.3 Å². The first-order chi connectivity index (χ1) is 12.5. The Bertz CT molecular complexity index is 887. The molecule has 0 aliphatic carbocycles. The third kappa shape index (κ3) is 4.62. The lowest BCUT2D eigenvalue weighted by atomic mass is 10.2. The largest absolute Gasteiger partial charge is 0.383 e. The van der Waals surface area contributed by atoms with Gasteiger partial charge in [0.1, 0.15) is 5.82 Å². The molecule has 0 radical (unpaired) electrons. The number of ether oxygens (including phenoxy) is 1. The molecule has 0 fully saturated rings. The fourth-order valence-corrected chi connectivity index (χ4v) is 3.65. The number of rotatable bonds is 7. The summed E-state index contributed by atoms with van der Waals surface area (Å²) in [4.78, 5) is 24.6. The molecule has 1 aromatic carbocycles. The van der Waals surface area contributed by atoms with Crippen molar-refractivity contribution in [3.05, 3.63) is 51.5 Å². The summed E-state index contributed by atoms with van der Waals surface area (Å²) in [6.45, 7) is 6.09. The third-order valence-electron chi connectivity index (χ3n) is 4.09. The molecule has 0 saturated carbocycles. The van der Waals surface area contributed by atoms with Gasteiger partial charge in [-0.25, -0.2) is 9.78 Å². The Morgan fingerprint density at radius 2 is 2.15 bits per heavy atom. The minimum absolute atomic E-state index is 0.121. The van der Waals surface area contributed by atoms with Gasteiger partial charge in [-0.05, 0) is 43.7 Å². The van der Waals surface area contributed by atoms with Gasteiger partial charge < -0.3 is 19.9 Å². The van der Waals surface area contributed by atoms with E-state index in [4.69, 9.17) is 4.74 Å². The van der Waals surface area contributed by atoms with E-state index in [1.54, 1.807) is 23.3 Å². The number of carbonyl (C=O) groups excluding carboxylic acids is 1. The second kappa shape index (κ2) is 8.33. The molecule has 7 heteroatoms. The first kappa shape index (κ1) is 18.4. The zero-order valence-electron chi connectivity index (χ0n) is 15.3. The highest BCUT2D eigenvalue weighted by Gasteiger charge is 2.15. The molecule has 3 aromatic rings. The number of H-pyrrole nitrogens is 1. The molecule has 6 nitrogen and oxygen atoms in total. The second-order valence-corrected chi connectivity index (χ2v) is 7.66. The van der Waals surface area contributed by atoms with Crippen LogP contribution < -0.4 is 5.32 Å². The highest BCUT2D eigenvalue weighted by atomic mass is 32.1. The number of imidazole rings is 1. The summed E-state index contributed by atoms with van der Waals surface area (Å²) in [7, 11) is 1.64. The van der Waals surface area contributed by atoms with Crippen LogP contribution in [0.3, 0.4) is 0 Å². The zero-order chi connectivity index (χ0) is 18.5. The molecule has 2 aromatic heterocycles. The molecule has 3 rings (SSSR count). The Kier molecular flexibility index (Phi) is 5.90. The van der Waals surface area contributed by atoms with E-state index in [0.717, 1.165) is 21.7 Å². The van der Waals surface area contributed by atoms with Crippen molar-refractivity contribution >= 4 is 28.4 Å². The number of aromatic nitrogens is 2. The summed E-state index contributed by atoms with van der Waals surface area (Å²) in [6.07, 6.45) is 0. The van der Waals surface area contributed by atoms with Gasteiger partial charge in [-0.3, -0.25) is 0 Å². The number of nitrogens with one attached hydrogen (secondary N) is 2. The number of hydrogen-bond donors (Lipinski definition) is 2. The van der Waals surface area contributed by atoms with Gasteiger partial charge >= 0.3 is 6.03 Å². The number of urea groups is 1. The first-order valence-electron chi connectivity index (χ1n) is 8.57. The molecular formula is C19H24N4O2S. The van der Waals surface area contributed by atoms with E-state index in [1.807, 2.05) is 19.1 Å². The lowest BCUT2D eigenvalue weighted by Gasteiger charge is -2.22. The molecule has 0 saturated heterocycles. The molecule has 2 heterocycles. The van der Waals surface area contributed by atoms with Crippen LogP contribution in [0.4, 0.5) is 4.79 Å². The van der Waals surface area contributed by atoms with Crippen molar-refractivity contribution < 1.29 is 9.53 Å². The number of methoxy groups -OCH3 is 1. The highest BCUT2D eigenvalue weighted by Crippen LogP contribution is 2.17. The number of thiophene rings is 1. The van der Waals surface area contributed by atoms with E-state index in [2.05, 4.69) is 40.4 Å². The standard InChI is InChI=1S/C19H24N4O2S/c1-13-4-7-16-17(10-13)22-18(21-16)11-20-19(24)23(8-9-25-3)12-15-6-5-14(2)26-15/h4-7,10H,8-9,11-12H2,1-3H3,(H,20,24)(H,21,22). The quantitative estimate of drug-likeness (QED) is 0.666. The van der Waals surface area contributed by atoms with Gasteiger partial charge in [0.05, 0.1) is 30.7 Å². The lowest BCUT2D eigenvalue weighted by molar-refractivity contribution is 0.146. The van der Waals surface area contributed by atoms with Crippen LogP contribution in [0, 0.1) is 13.8 Å². The number of fused-ring (bicyclic) bond motifs is 1. The van der Waals surface area contributed by atoms with Crippen LogP contribution in [0.5, 0.6) is 0 Å². The first-order valence-corrected chi connectivity index (χ1v) is 9.39. The SMILES string of the molecule is COCCN(Cc1ccc(C)s1)C(=O)NCc1nc2ccc(C)cc2[nH]1. The topological polar surface area (TPSA) is 70.2 Å². The van der Waals surface area contributed by atoms with Crippen molar-refractivity contribution in [1.82, 2.24) is 20.2 Å². The molecule has 138 valence electrons. The maximum atomic E-state index is 12.6. The molecule has 2 amide bonds. The summed E-state index contributed by atoms with van der Waals surface area (Å²) in [6, 6.07) is 10.1. The summed E-state index contributed by atoms with van der Waals surface area (Å²) in [5.74, 6) is 0.748. The molecule has 0 aliphatic rings. The Morgan fingerprint density at radius 3 is 2.88 bits per heavy atom. The van der Waals surface area contributed by atoms with E-state index < -0.39 is 0 Å². The van der Waals surface area contributed by atoms with Gasteiger partial charge in [-0.15, -0.1) is 11.3 Å². The Hall–Kier alpha value is -2.38. The molecule has 0 bridgehead atoms. The fourth-order valence-electron chi connectivity index (χ4n) is 2.74. The molecule has 0 aliphatic heterocycles. The maximum absolute atomic E-state index is 12.6. The Labute approximate surface area is 157 Å². The Balaban J connectivity index is 1.63. The third-order valence-corrected chi connectivity index (χ3v) is 5.07. The normalized spacial score (nSPS) is 11.0. The van der Waals surface area contributed by atoms with Gasteiger partial charge in [0, 0.05) is 23.4 Å². The molecule has 26 heavy (non-hydrogen) atoms. The van der Waals surface area contributed by atoms with Gasteiger partial charge in [0.25, 0.3) is 0 Å². The fraction of sp³-hybridized carbons (Fsp3) is 0.368. The average Bonchev–Trinajstić information content (AvgIpc) is 3.21. The van der Waals surface area contributed by atoms with E-state index in [0.29, 0.717) is 26.2 Å². The number of aromatic amines is 1. The van der Waals surface area contributed by atoms with Crippen LogP contribution in [0.1, 0.15) is 21.1 Å². The van der Waals surface area contributed by atoms with Crippen molar-refractivity contribution in [2.24, 2.45) is 0 Å². The van der Waals surface area contributed by atoms with Crippen LogP contribution in [-0.2, 0) is 17.8 Å². The van der Waals surface area contributed by atoms with Gasteiger partial charge in [-0.2, -0.15) is 0 Å². The average molecular weight is 372 g/mol. The van der Waals surface area contributed by atoms with Crippen molar-refractivity contribution in [1.29, 1.82) is 0 Å². The van der Waals surface area contributed by atoms with Crippen LogP contribution in [0.25, 0.3) is 11.0 Å². The number of nitrogens with zero attached hydrogens (tertiary/aromatic N) is 2. The molecule has 2 N–H and O–H groups in total. The minimum atomic E-state index is -0.121. The van der Waals surface area contributed by atoms with E-state index in [-0.39, 0.29) is 6.03 Å². The van der Waals surface area contributed by atoms with Gasteiger partial charge in [0.15, 0.2) is 0 Å². The molecular weight excluding hydrogens is 348 g/mol. The number of amides is 2. The minimum Gasteiger partial charge on any atom is -0.383 e.